The minimum Gasteiger partial charge on any atom is -0.478 e. The molecule has 0 atom stereocenters. The van der Waals surface area contributed by atoms with Gasteiger partial charge in [-0.1, -0.05) is 116 Å². The zero-order valence-corrected chi connectivity index (χ0v) is 35.4. The molecule has 0 bridgehead atoms. The molecular formula is C43H42Au2NO6P2-2. The summed E-state index contributed by atoms with van der Waals surface area (Å²) in [5, 5.41) is 30.4. The molecule has 0 spiro atoms. The Morgan fingerprint density at radius 2 is 0.593 bits per heavy atom. The number of carbonyl (C=O) groups is 2. The van der Waals surface area contributed by atoms with Gasteiger partial charge in [-0.3, -0.25) is 10.1 Å². The van der Waals surface area contributed by atoms with E-state index in [9.17, 15) is 9.59 Å². The first-order valence-electron chi connectivity index (χ1n) is 15.7. The number of hydrogen-bond donors (Lipinski definition) is 2. The largest absolute Gasteiger partial charge is 1.00 e. The number of benzene rings is 6. The van der Waals surface area contributed by atoms with Crippen LogP contribution in [0.15, 0.2) is 182 Å². The van der Waals surface area contributed by atoms with Gasteiger partial charge in [0.15, 0.2) is 0 Å². The van der Waals surface area contributed by atoms with Gasteiger partial charge in [0.2, 0.25) is 0 Å². The summed E-state index contributed by atoms with van der Waals surface area (Å²) in [5.41, 5.74) is 0.662. The van der Waals surface area contributed by atoms with Crippen LogP contribution in [-0.2, 0) is 44.8 Å². The average molecular weight is 1120 g/mol. The molecule has 11 heteroatoms. The molecule has 0 heterocycles. The van der Waals surface area contributed by atoms with Crippen LogP contribution in [0, 0.1) is 43.8 Å². The Morgan fingerprint density at radius 1 is 0.444 bits per heavy atom. The van der Waals surface area contributed by atoms with E-state index in [1.54, 1.807) is 60.7 Å². The summed E-state index contributed by atoms with van der Waals surface area (Å²) in [6, 6.07) is 57.9. The fraction of sp³-hybridized carbons (Fsp3) is 0. The number of carboxylic acid groups (broad SMARTS) is 2. The maximum absolute atomic E-state index is 10.2. The molecule has 7 nitrogen and oxygen atoms in total. The minimum atomic E-state index is -1.65. The van der Waals surface area contributed by atoms with Crippen molar-refractivity contribution in [3.05, 3.63) is 237 Å². The van der Waals surface area contributed by atoms with Crippen LogP contribution in [0.1, 0.15) is 20.7 Å². The average Bonchev–Trinajstić information content (AvgIpc) is 3.17. The summed E-state index contributed by atoms with van der Waals surface area (Å²) >= 11 is 0. The Balaban J connectivity index is 0.000000679. The Hall–Kier alpha value is -4.13. The van der Waals surface area contributed by atoms with Gasteiger partial charge in [-0.05, 0) is 72.8 Å². The molecule has 0 saturated heterocycles. The predicted octanol–water partition coefficient (Wildman–Crippen LogP) is 9.30. The van der Waals surface area contributed by atoms with E-state index in [2.05, 4.69) is 82.2 Å². The van der Waals surface area contributed by atoms with Gasteiger partial charge in [-0.25, -0.2) is 9.59 Å². The molecule has 0 aliphatic rings. The van der Waals surface area contributed by atoms with Gasteiger partial charge >= 0.3 is 34.3 Å². The molecule has 0 fully saturated rings. The van der Waals surface area contributed by atoms with Gasteiger partial charge in [0.05, 0.1) is 11.1 Å². The molecule has 0 saturated carbocycles. The van der Waals surface area contributed by atoms with Crippen molar-refractivity contribution in [3.63, 3.8) is 0 Å². The van der Waals surface area contributed by atoms with Gasteiger partial charge in [-0.2, -0.15) is 41.2 Å². The number of nitrogens with zero attached hydrogens (tertiary/aromatic N) is 1. The maximum atomic E-state index is 10.2. The molecule has 6 aromatic rings. The van der Waals surface area contributed by atoms with Crippen LogP contribution in [0.5, 0.6) is 0 Å². The van der Waals surface area contributed by atoms with Gasteiger partial charge in [0.25, 0.3) is 0 Å². The monoisotopic (exact) mass is 1120 g/mol. The Labute approximate surface area is 351 Å². The molecule has 0 amide bonds. The van der Waals surface area contributed by atoms with Crippen molar-refractivity contribution in [2.75, 3.05) is 0 Å². The summed E-state index contributed by atoms with van der Waals surface area (Å²) in [6.07, 6.45) is 0. The van der Waals surface area contributed by atoms with Crippen molar-refractivity contribution in [1.82, 2.24) is 0 Å². The number of rotatable bonds is 6. The third-order valence-corrected chi connectivity index (χ3v) is 12.2. The van der Waals surface area contributed by atoms with E-state index in [0.29, 0.717) is 11.1 Å². The summed E-state index contributed by atoms with van der Waals surface area (Å²) in [7, 11) is -0.933. The third kappa shape index (κ3) is 18.3. The molecule has 0 aliphatic heterocycles. The first-order valence-corrected chi connectivity index (χ1v) is 20.0. The number of aromatic carboxylic acids is 2. The normalized spacial score (nSPS) is 9.70. The van der Waals surface area contributed by atoms with Crippen LogP contribution in [0.2, 0.25) is 0 Å². The predicted molar refractivity (Wildman–Crippen MR) is 219 cm³/mol. The van der Waals surface area contributed by atoms with Crippen molar-refractivity contribution >= 4 is 47.7 Å². The maximum Gasteiger partial charge on any atom is 1.00 e. The van der Waals surface area contributed by atoms with E-state index >= 15 is 0 Å². The SMILES string of the molecule is O=C(O)c1ccccc1.O=C(O)c1ccccc1.[Au+].[Au].[CH2-][N+](=O)[O-].[CH2-][P+]([CH2-])(c1ccccc1)c1ccccc1.[CH2-][P+]([CH2-])(c1ccccc1)c1ccccc1. The standard InChI is InChI=1S/2C14H14P.2C7H6O2.CH2NO2.2Au/c2*1-15(2,13-9-5-3-6-10-13)14-11-7-4-8-12-14;2*8-7(9)6-4-2-1-3-5-6;1-2(3)4;;/h2*3-12H,1-2H2;2*1-5H,(H,8,9);1H2;;/q2*-1;;;-1;;+1. The smallest absolute Gasteiger partial charge is 0.478 e. The fourth-order valence-corrected chi connectivity index (χ4v) is 7.88. The summed E-state index contributed by atoms with van der Waals surface area (Å²) in [6.45, 7) is 17.2. The summed E-state index contributed by atoms with van der Waals surface area (Å²) < 4.78 is 0. The van der Waals surface area contributed by atoms with E-state index in [-0.39, 0.29) is 44.8 Å². The second kappa shape index (κ2) is 26.6. The van der Waals surface area contributed by atoms with Crippen molar-refractivity contribution < 1.29 is 69.5 Å². The van der Waals surface area contributed by atoms with Crippen molar-refractivity contribution in [1.29, 1.82) is 0 Å². The van der Waals surface area contributed by atoms with E-state index in [1.165, 1.54) is 21.2 Å². The molecule has 2 N–H and O–H groups in total. The van der Waals surface area contributed by atoms with Gasteiger partial charge in [0.1, 0.15) is 0 Å². The van der Waals surface area contributed by atoms with E-state index in [0.717, 1.165) is 0 Å². The zero-order chi connectivity index (χ0) is 38.4. The van der Waals surface area contributed by atoms with E-state index in [4.69, 9.17) is 20.3 Å². The molecule has 1 radical (unpaired) electrons. The second-order valence-corrected chi connectivity index (χ2v) is 16.9. The van der Waals surface area contributed by atoms with Crippen molar-refractivity contribution in [2.24, 2.45) is 0 Å². The molecule has 6 rings (SSSR count). The topological polar surface area (TPSA) is 118 Å². The van der Waals surface area contributed by atoms with Gasteiger partial charge in [-0.15, -0.1) is 4.92 Å². The van der Waals surface area contributed by atoms with Crippen LogP contribution < -0.4 is 21.2 Å². The summed E-state index contributed by atoms with van der Waals surface area (Å²) in [4.78, 5) is 28.3. The Kier molecular flexibility index (Phi) is 24.6. The molecule has 0 aliphatic carbocycles. The first-order chi connectivity index (χ1) is 24.8. The van der Waals surface area contributed by atoms with Crippen LogP contribution in [0.25, 0.3) is 0 Å². The minimum absolute atomic E-state index is 0. The molecule has 54 heavy (non-hydrogen) atoms. The zero-order valence-electron chi connectivity index (χ0n) is 29.3. The first kappa shape index (κ1) is 49.9. The molecule has 0 aromatic heterocycles. The van der Waals surface area contributed by atoms with Crippen LogP contribution in [0.4, 0.5) is 0 Å². The second-order valence-electron chi connectivity index (χ2n) is 11.0. The van der Waals surface area contributed by atoms with E-state index < -0.39 is 31.4 Å². The molecule has 6 aromatic carbocycles. The van der Waals surface area contributed by atoms with Crippen molar-refractivity contribution in [2.45, 2.75) is 0 Å². The number of carboxylic acids is 2. The Bertz CT molecular complexity index is 1680. The van der Waals surface area contributed by atoms with Crippen LogP contribution in [-0.4, -0.2) is 27.1 Å². The van der Waals surface area contributed by atoms with Crippen LogP contribution >= 0.6 is 14.5 Å². The molecule has 0 unspecified atom stereocenters. The third-order valence-electron chi connectivity index (χ3n) is 7.04. The number of hydrogen-bond acceptors (Lipinski definition) is 4. The fourth-order valence-electron chi connectivity index (χ4n) is 4.31. The quantitative estimate of drug-likeness (QED) is 0.0565. The molecule has 289 valence electrons. The molecular weight excluding hydrogens is 1080 g/mol. The Morgan fingerprint density at radius 3 is 0.722 bits per heavy atom. The van der Waals surface area contributed by atoms with Crippen molar-refractivity contribution in [3.8, 4) is 0 Å². The van der Waals surface area contributed by atoms with Crippen LogP contribution in [0.3, 0.4) is 0 Å². The van der Waals surface area contributed by atoms with E-state index in [1.807, 2.05) is 72.8 Å². The van der Waals surface area contributed by atoms with Gasteiger partial charge in [0, 0.05) is 43.6 Å². The van der Waals surface area contributed by atoms with Gasteiger partial charge < -0.3 is 10.2 Å². The summed E-state index contributed by atoms with van der Waals surface area (Å²) in [5.74, 6) is -1.76. The number of nitro groups is 1.